The van der Waals surface area contributed by atoms with E-state index in [1.807, 2.05) is 6.92 Å². The van der Waals surface area contributed by atoms with Gasteiger partial charge in [-0.2, -0.15) is 0 Å². The van der Waals surface area contributed by atoms with Gasteiger partial charge in [-0.25, -0.2) is 0 Å². The number of aromatic nitrogens is 2. The van der Waals surface area contributed by atoms with Gasteiger partial charge in [0.25, 0.3) is 0 Å². The predicted molar refractivity (Wildman–Crippen MR) is 32.5 cm³/mol. The van der Waals surface area contributed by atoms with Crippen molar-refractivity contribution in [2.75, 3.05) is 0 Å². The molecule has 0 N–H and O–H groups in total. The minimum atomic E-state index is 0. The molecule has 0 aliphatic carbocycles. The zero-order valence-electron chi connectivity index (χ0n) is 5.13. The van der Waals surface area contributed by atoms with E-state index in [9.17, 15) is 0 Å². The Bertz CT molecular complexity index is 140. The van der Waals surface area contributed by atoms with Gasteiger partial charge in [-0.05, 0) is 6.92 Å². The van der Waals surface area contributed by atoms with Crippen molar-refractivity contribution in [3.05, 3.63) is 24.3 Å². The summed E-state index contributed by atoms with van der Waals surface area (Å²) in [6.45, 7) is 1.91. The summed E-state index contributed by atoms with van der Waals surface area (Å²) in [5, 5.41) is 0. The molecule has 3 heteroatoms. The molecule has 0 bridgehead atoms. The summed E-state index contributed by atoms with van der Waals surface area (Å²) in [5.74, 6) is 0. The molecule has 2 nitrogen and oxygen atoms in total. The third kappa shape index (κ3) is 2.89. The average molecular weight is 133 g/mol. The smallest absolute Gasteiger partial charge is 0.0555 e. The first-order chi connectivity index (χ1) is 3.39. The summed E-state index contributed by atoms with van der Waals surface area (Å²) in [6, 6.07) is 0. The first kappa shape index (κ1) is 8.72. The van der Waals surface area contributed by atoms with Gasteiger partial charge in [-0.3, -0.25) is 9.97 Å². The van der Waals surface area contributed by atoms with Crippen molar-refractivity contribution >= 4 is 51.4 Å². The maximum atomic E-state index is 3.92. The van der Waals surface area contributed by atoms with E-state index in [2.05, 4.69) is 9.97 Å². The summed E-state index contributed by atoms with van der Waals surface area (Å²) >= 11 is 0. The Morgan fingerprint density at radius 1 is 1.38 bits per heavy atom. The second-order valence-electron chi connectivity index (χ2n) is 1.35. The maximum Gasteiger partial charge on any atom is 0.0555 e. The van der Waals surface area contributed by atoms with Crippen LogP contribution in [0.2, 0.25) is 0 Å². The zero-order chi connectivity index (χ0) is 5.11. The Labute approximate surface area is 91.2 Å². The van der Waals surface area contributed by atoms with Crippen LogP contribution in [0.4, 0.5) is 0 Å². The molecule has 1 rings (SSSR count). The molecule has 37 valence electrons. The van der Waals surface area contributed by atoms with Crippen LogP contribution in [0.3, 0.4) is 0 Å². The number of aryl methyl sites for hydroxylation is 1. The van der Waals surface area contributed by atoms with Crippen molar-refractivity contribution in [1.82, 2.24) is 9.97 Å². The van der Waals surface area contributed by atoms with Gasteiger partial charge in [0.05, 0.1) is 5.69 Å². The second-order valence-corrected chi connectivity index (χ2v) is 1.35. The second kappa shape index (κ2) is 4.58. The first-order valence-electron chi connectivity index (χ1n) is 2.12. The van der Waals surface area contributed by atoms with Crippen molar-refractivity contribution in [3.8, 4) is 0 Å². The fraction of sp³-hybridized carbons (Fsp3) is 0.200. The van der Waals surface area contributed by atoms with Crippen LogP contribution in [0, 0.1) is 6.92 Å². The van der Waals surface area contributed by atoms with Crippen LogP contribution in [0.15, 0.2) is 18.6 Å². The van der Waals surface area contributed by atoms with Crippen molar-refractivity contribution < 1.29 is 0 Å². The molecule has 0 aliphatic heterocycles. The van der Waals surface area contributed by atoms with Crippen molar-refractivity contribution in [2.45, 2.75) is 6.92 Å². The number of rotatable bonds is 0. The van der Waals surface area contributed by atoms with E-state index in [1.165, 1.54) is 0 Å². The third-order valence-corrected chi connectivity index (χ3v) is 0.692. The van der Waals surface area contributed by atoms with Gasteiger partial charge in [-0.1, -0.05) is 0 Å². The monoisotopic (exact) mass is 133 g/mol. The third-order valence-electron chi connectivity index (χ3n) is 0.692. The van der Waals surface area contributed by atoms with Gasteiger partial charge >= 0.3 is 0 Å². The van der Waals surface area contributed by atoms with Crippen LogP contribution in [-0.4, -0.2) is 61.4 Å². The fourth-order valence-corrected chi connectivity index (χ4v) is 0.374. The van der Waals surface area contributed by atoms with Crippen molar-refractivity contribution in [1.29, 1.82) is 0 Å². The van der Waals surface area contributed by atoms with E-state index < -0.39 is 0 Å². The Morgan fingerprint density at radius 3 is 2.38 bits per heavy atom. The molecule has 1 aromatic rings. The molecule has 1 radical (unpaired) electrons. The number of hydrogen-bond acceptors (Lipinski definition) is 2. The molecule has 1 aromatic heterocycles. The topological polar surface area (TPSA) is 25.8 Å². The van der Waals surface area contributed by atoms with E-state index in [-0.39, 0.29) is 51.4 Å². The minimum absolute atomic E-state index is 0. The fourth-order valence-electron chi connectivity index (χ4n) is 0.374. The Balaban J connectivity index is 0.000000490. The SMILES string of the molecule is Cc1cnccn1.[K]. The summed E-state index contributed by atoms with van der Waals surface area (Å²) in [5.41, 5.74) is 0.961. The molecule has 8 heavy (non-hydrogen) atoms. The molecule has 0 unspecified atom stereocenters. The molecule has 1 heterocycles. The van der Waals surface area contributed by atoms with Gasteiger partial charge in [-0.15, -0.1) is 0 Å². The molecule has 0 amide bonds. The van der Waals surface area contributed by atoms with E-state index in [1.54, 1.807) is 18.6 Å². The van der Waals surface area contributed by atoms with Crippen LogP contribution < -0.4 is 0 Å². The van der Waals surface area contributed by atoms with Crippen LogP contribution in [-0.2, 0) is 0 Å². The Morgan fingerprint density at radius 2 is 2.12 bits per heavy atom. The summed E-state index contributed by atoms with van der Waals surface area (Å²) < 4.78 is 0. The van der Waals surface area contributed by atoms with Gasteiger partial charge in [0.15, 0.2) is 0 Å². The normalized spacial score (nSPS) is 7.62. The molecule has 0 spiro atoms. The van der Waals surface area contributed by atoms with E-state index in [0.29, 0.717) is 0 Å². The van der Waals surface area contributed by atoms with Gasteiger partial charge in [0.2, 0.25) is 0 Å². The molecule has 0 saturated carbocycles. The summed E-state index contributed by atoms with van der Waals surface area (Å²) in [7, 11) is 0. The molecule has 0 aliphatic rings. The quantitative estimate of drug-likeness (QED) is 0.479. The Kier molecular flexibility index (Phi) is 4.99. The number of hydrogen-bond donors (Lipinski definition) is 0. The van der Waals surface area contributed by atoms with Crippen LogP contribution in [0.5, 0.6) is 0 Å². The first-order valence-corrected chi connectivity index (χ1v) is 2.12. The maximum absolute atomic E-state index is 3.92. The minimum Gasteiger partial charge on any atom is -0.261 e. The van der Waals surface area contributed by atoms with Gasteiger partial charge in [0.1, 0.15) is 0 Å². The van der Waals surface area contributed by atoms with Crippen LogP contribution in [0.1, 0.15) is 5.69 Å². The molecule has 0 saturated heterocycles. The van der Waals surface area contributed by atoms with Gasteiger partial charge in [0, 0.05) is 70.0 Å². The summed E-state index contributed by atoms with van der Waals surface area (Å²) in [4.78, 5) is 7.74. The number of nitrogens with zero attached hydrogens (tertiary/aromatic N) is 2. The standard InChI is InChI=1S/C5H6N2.K/c1-5-4-6-2-3-7-5;/h2-4H,1H3;. The van der Waals surface area contributed by atoms with Crippen molar-refractivity contribution in [3.63, 3.8) is 0 Å². The zero-order valence-corrected chi connectivity index (χ0v) is 8.25. The average Bonchev–Trinajstić information content (AvgIpc) is 1.69. The molecule has 0 aromatic carbocycles. The molecular formula is C5H6KN2. The Hall–Kier alpha value is 0.716. The summed E-state index contributed by atoms with van der Waals surface area (Å²) in [6.07, 6.45) is 5.06. The van der Waals surface area contributed by atoms with Crippen LogP contribution in [0.25, 0.3) is 0 Å². The van der Waals surface area contributed by atoms with Gasteiger partial charge < -0.3 is 0 Å². The van der Waals surface area contributed by atoms with E-state index in [0.717, 1.165) is 5.69 Å². The largest absolute Gasteiger partial charge is 0.261 e. The van der Waals surface area contributed by atoms with Crippen LogP contribution >= 0.6 is 0 Å². The molecular weight excluding hydrogens is 127 g/mol. The van der Waals surface area contributed by atoms with Crippen molar-refractivity contribution in [2.24, 2.45) is 0 Å². The molecule has 0 atom stereocenters. The van der Waals surface area contributed by atoms with E-state index >= 15 is 0 Å². The van der Waals surface area contributed by atoms with E-state index in [4.69, 9.17) is 0 Å². The molecule has 0 fully saturated rings. The predicted octanol–water partition coefficient (Wildman–Crippen LogP) is 0.404.